The highest BCUT2D eigenvalue weighted by atomic mass is 32.2. The molecule has 22 heavy (non-hydrogen) atoms. The van der Waals surface area contributed by atoms with E-state index in [0.29, 0.717) is 0 Å². The van der Waals surface area contributed by atoms with Crippen LogP contribution in [0.15, 0.2) is 42.5 Å². The zero-order chi connectivity index (χ0) is 16.0. The topological polar surface area (TPSA) is 75.3 Å². The van der Waals surface area contributed by atoms with Crippen molar-refractivity contribution in [1.29, 1.82) is 0 Å². The number of carbonyl (C=O) groups excluding carboxylic acids is 1. The molecule has 0 bridgehead atoms. The molecule has 0 heterocycles. The summed E-state index contributed by atoms with van der Waals surface area (Å²) >= 11 is 0. The molecule has 2 N–H and O–H groups in total. The highest BCUT2D eigenvalue weighted by Crippen LogP contribution is 2.15. The number of allylic oxidation sites excluding steroid dienone is 1. The van der Waals surface area contributed by atoms with Gasteiger partial charge in [0.05, 0.1) is 11.8 Å². The Hall–Kier alpha value is -1.82. The Morgan fingerprint density at radius 2 is 2.05 bits per heavy atom. The van der Waals surface area contributed by atoms with E-state index < -0.39 is 15.9 Å². The molecule has 0 saturated carbocycles. The molecule has 1 aliphatic carbocycles. The van der Waals surface area contributed by atoms with E-state index in [1.54, 1.807) is 0 Å². The Kier molecular flexibility index (Phi) is 5.60. The first-order valence-electron chi connectivity index (χ1n) is 7.40. The lowest BCUT2D eigenvalue weighted by atomic mass is 10.0. The molecule has 1 aromatic rings. The Morgan fingerprint density at radius 3 is 2.64 bits per heavy atom. The number of nitrogens with one attached hydrogen (secondary N) is 2. The Morgan fingerprint density at radius 1 is 1.32 bits per heavy atom. The Bertz CT molecular complexity index is 626. The first kappa shape index (κ1) is 16.5. The van der Waals surface area contributed by atoms with E-state index in [2.05, 4.69) is 16.7 Å². The van der Waals surface area contributed by atoms with Gasteiger partial charge in [-0.2, -0.15) is 0 Å². The van der Waals surface area contributed by atoms with E-state index in [4.69, 9.17) is 0 Å². The van der Waals surface area contributed by atoms with Crippen molar-refractivity contribution in [2.45, 2.75) is 31.3 Å². The summed E-state index contributed by atoms with van der Waals surface area (Å²) in [6.07, 6.45) is 8.21. The molecule has 0 unspecified atom stereocenters. The van der Waals surface area contributed by atoms with Crippen LogP contribution in [0.25, 0.3) is 0 Å². The van der Waals surface area contributed by atoms with Gasteiger partial charge in [-0.1, -0.05) is 42.5 Å². The molecular formula is C16H22N2O3S. The van der Waals surface area contributed by atoms with E-state index in [1.807, 2.05) is 36.4 Å². The van der Waals surface area contributed by atoms with Crippen LogP contribution >= 0.6 is 0 Å². The van der Waals surface area contributed by atoms with Crippen LogP contribution in [0, 0.1) is 0 Å². The summed E-state index contributed by atoms with van der Waals surface area (Å²) in [5.41, 5.74) is 0.780. The van der Waals surface area contributed by atoms with Crippen molar-refractivity contribution in [3.05, 3.63) is 48.0 Å². The molecule has 5 nitrogen and oxygen atoms in total. The summed E-state index contributed by atoms with van der Waals surface area (Å²) in [7, 11) is -3.21. The molecule has 1 aliphatic rings. The summed E-state index contributed by atoms with van der Waals surface area (Å²) in [5.74, 6) is -0.120. The maximum atomic E-state index is 12.1. The van der Waals surface area contributed by atoms with E-state index in [9.17, 15) is 13.2 Å². The third kappa shape index (κ3) is 5.52. The minimum absolute atomic E-state index is 0.0170. The molecule has 6 heteroatoms. The predicted molar refractivity (Wildman–Crippen MR) is 87.3 cm³/mol. The Labute approximate surface area is 131 Å². The number of sulfone groups is 1. The molecule has 2 atom stereocenters. The minimum Gasteiger partial charge on any atom is -0.332 e. The summed E-state index contributed by atoms with van der Waals surface area (Å²) in [6.45, 7) is 0. The predicted octanol–water partition coefficient (Wildman–Crippen LogP) is 2.18. The SMILES string of the molecule is CS(=O)(=O)C[C@@H](NC(=O)N[C@H]1C=CCCC1)c1ccccc1. The lowest BCUT2D eigenvalue weighted by molar-refractivity contribution is 0.235. The summed E-state index contributed by atoms with van der Waals surface area (Å²) in [5, 5.41) is 5.65. The van der Waals surface area contributed by atoms with Crippen molar-refractivity contribution in [2.75, 3.05) is 12.0 Å². The summed E-state index contributed by atoms with van der Waals surface area (Å²) < 4.78 is 23.2. The number of carbonyl (C=O) groups is 1. The van der Waals surface area contributed by atoms with Gasteiger partial charge in [0.25, 0.3) is 0 Å². The van der Waals surface area contributed by atoms with Crippen LogP contribution in [0.1, 0.15) is 30.9 Å². The zero-order valence-corrected chi connectivity index (χ0v) is 13.5. The number of hydrogen-bond acceptors (Lipinski definition) is 3. The van der Waals surface area contributed by atoms with Crippen molar-refractivity contribution >= 4 is 15.9 Å². The quantitative estimate of drug-likeness (QED) is 0.816. The largest absolute Gasteiger partial charge is 0.332 e. The van der Waals surface area contributed by atoms with Crippen LogP contribution < -0.4 is 10.6 Å². The van der Waals surface area contributed by atoms with Gasteiger partial charge in [-0.15, -0.1) is 0 Å². The average Bonchev–Trinajstić information content (AvgIpc) is 2.47. The van der Waals surface area contributed by atoms with Gasteiger partial charge < -0.3 is 10.6 Å². The van der Waals surface area contributed by atoms with Crippen LogP contribution in [0.4, 0.5) is 4.79 Å². The monoisotopic (exact) mass is 322 g/mol. The molecule has 0 fully saturated rings. The number of amides is 2. The van der Waals surface area contributed by atoms with Crippen molar-refractivity contribution in [2.24, 2.45) is 0 Å². The highest BCUT2D eigenvalue weighted by molar-refractivity contribution is 7.90. The fraction of sp³-hybridized carbons (Fsp3) is 0.438. The molecule has 1 aromatic carbocycles. The minimum atomic E-state index is -3.21. The van der Waals surface area contributed by atoms with Crippen molar-refractivity contribution in [3.63, 3.8) is 0 Å². The standard InChI is InChI=1S/C16H22N2O3S/c1-22(20,21)12-15(13-8-4-2-5-9-13)18-16(19)17-14-10-6-3-7-11-14/h2,4-6,8-10,14-15H,3,7,11-12H2,1H3,(H2,17,18,19)/t14-,15+/m0/s1. The van der Waals surface area contributed by atoms with Crippen molar-refractivity contribution < 1.29 is 13.2 Å². The maximum Gasteiger partial charge on any atom is 0.315 e. The smallest absolute Gasteiger partial charge is 0.315 e. The highest BCUT2D eigenvalue weighted by Gasteiger charge is 2.20. The van der Waals surface area contributed by atoms with Gasteiger partial charge in [0.15, 0.2) is 0 Å². The lowest BCUT2D eigenvalue weighted by Gasteiger charge is -2.22. The fourth-order valence-electron chi connectivity index (χ4n) is 2.51. The van der Waals surface area contributed by atoms with Crippen LogP contribution in [-0.2, 0) is 9.84 Å². The first-order chi connectivity index (χ1) is 10.4. The molecular weight excluding hydrogens is 300 g/mol. The van der Waals surface area contributed by atoms with Crippen molar-refractivity contribution in [1.82, 2.24) is 10.6 Å². The molecule has 120 valence electrons. The zero-order valence-electron chi connectivity index (χ0n) is 12.7. The molecule has 0 aromatic heterocycles. The van der Waals surface area contributed by atoms with Gasteiger partial charge in [-0.25, -0.2) is 13.2 Å². The lowest BCUT2D eigenvalue weighted by Crippen LogP contribution is -2.44. The molecule has 0 saturated heterocycles. The number of benzene rings is 1. The summed E-state index contributed by atoms with van der Waals surface area (Å²) in [4.78, 5) is 12.1. The molecule has 0 radical (unpaired) electrons. The van der Waals surface area contributed by atoms with Gasteiger partial charge in [-0.05, 0) is 24.8 Å². The van der Waals surface area contributed by atoms with Gasteiger partial charge in [0.2, 0.25) is 0 Å². The van der Waals surface area contributed by atoms with E-state index >= 15 is 0 Å². The molecule has 2 rings (SSSR count). The van der Waals surface area contributed by atoms with Crippen LogP contribution in [0.2, 0.25) is 0 Å². The number of hydrogen-bond donors (Lipinski definition) is 2. The fourth-order valence-corrected chi connectivity index (χ4v) is 3.39. The number of rotatable bonds is 5. The van der Waals surface area contributed by atoms with E-state index in [-0.39, 0.29) is 17.8 Å². The van der Waals surface area contributed by atoms with Gasteiger partial charge >= 0.3 is 6.03 Å². The van der Waals surface area contributed by atoms with E-state index in [0.717, 1.165) is 24.8 Å². The second kappa shape index (κ2) is 7.45. The van der Waals surface area contributed by atoms with Gasteiger partial charge in [0, 0.05) is 12.3 Å². The molecule has 2 amide bonds. The Balaban J connectivity index is 2.04. The van der Waals surface area contributed by atoms with Gasteiger partial charge in [0.1, 0.15) is 9.84 Å². The third-order valence-electron chi connectivity index (χ3n) is 3.55. The molecule has 0 aliphatic heterocycles. The third-order valence-corrected chi connectivity index (χ3v) is 4.49. The van der Waals surface area contributed by atoms with Crippen molar-refractivity contribution in [3.8, 4) is 0 Å². The van der Waals surface area contributed by atoms with Crippen LogP contribution in [-0.4, -0.2) is 32.5 Å². The summed E-state index contributed by atoms with van der Waals surface area (Å²) in [6, 6.07) is 8.27. The first-order valence-corrected chi connectivity index (χ1v) is 9.46. The van der Waals surface area contributed by atoms with Crippen LogP contribution in [0.3, 0.4) is 0 Å². The van der Waals surface area contributed by atoms with Gasteiger partial charge in [-0.3, -0.25) is 0 Å². The van der Waals surface area contributed by atoms with E-state index in [1.165, 1.54) is 6.26 Å². The second-order valence-corrected chi connectivity index (χ2v) is 7.82. The average molecular weight is 322 g/mol. The van der Waals surface area contributed by atoms with Crippen LogP contribution in [0.5, 0.6) is 0 Å². The maximum absolute atomic E-state index is 12.1. The normalized spacial score (nSPS) is 19.4. The second-order valence-electron chi connectivity index (χ2n) is 5.64. The molecule has 0 spiro atoms. The number of urea groups is 1.